The summed E-state index contributed by atoms with van der Waals surface area (Å²) in [6, 6.07) is 25.1. The molecule has 4 aromatic rings. The Balaban J connectivity index is 1.58. The van der Waals surface area contributed by atoms with Crippen molar-refractivity contribution in [2.24, 2.45) is 0 Å². The van der Waals surface area contributed by atoms with Crippen molar-refractivity contribution in [3.8, 4) is 11.3 Å². The highest BCUT2D eigenvalue weighted by Gasteiger charge is 2.43. The second-order valence-electron chi connectivity index (χ2n) is 9.52. The largest absolute Gasteiger partial charge is 0.438 e. The molecular formula is C31H26N2O4. The quantitative estimate of drug-likeness (QED) is 0.240. The number of nitrogens with zero attached hydrogens (tertiary/aromatic N) is 1. The van der Waals surface area contributed by atoms with Crippen molar-refractivity contribution in [1.29, 1.82) is 0 Å². The molecule has 0 bridgehead atoms. The third-order valence-electron chi connectivity index (χ3n) is 7.14. The molecule has 6 heteroatoms. The maximum absolute atomic E-state index is 14.1. The highest BCUT2D eigenvalue weighted by Crippen LogP contribution is 2.45. The van der Waals surface area contributed by atoms with Crippen molar-refractivity contribution < 1.29 is 18.8 Å². The summed E-state index contributed by atoms with van der Waals surface area (Å²) in [5.41, 5.74) is 2.13. The monoisotopic (exact) mass is 490 g/mol. The van der Waals surface area contributed by atoms with Gasteiger partial charge in [-0.15, -0.1) is 0 Å². The van der Waals surface area contributed by atoms with Gasteiger partial charge in [0.05, 0.1) is 11.1 Å². The van der Waals surface area contributed by atoms with Crippen LogP contribution in [0.5, 0.6) is 0 Å². The van der Waals surface area contributed by atoms with Crippen LogP contribution in [0.1, 0.15) is 68.7 Å². The number of ketones is 1. The Kier molecular flexibility index (Phi) is 5.93. The van der Waals surface area contributed by atoms with Gasteiger partial charge in [0.2, 0.25) is 11.7 Å². The number of amides is 2. The Bertz CT molecular complexity index is 1450. The zero-order chi connectivity index (χ0) is 25.4. The van der Waals surface area contributed by atoms with E-state index in [1.54, 1.807) is 48.5 Å². The van der Waals surface area contributed by atoms with E-state index in [4.69, 9.17) is 4.42 Å². The van der Waals surface area contributed by atoms with Crippen LogP contribution in [0.3, 0.4) is 0 Å². The van der Waals surface area contributed by atoms with Crippen LogP contribution in [0.4, 0.5) is 11.6 Å². The van der Waals surface area contributed by atoms with Crippen molar-refractivity contribution in [2.75, 3.05) is 10.2 Å². The third kappa shape index (κ3) is 4.04. The van der Waals surface area contributed by atoms with E-state index in [2.05, 4.69) is 5.32 Å². The maximum Gasteiger partial charge on any atom is 0.266 e. The van der Waals surface area contributed by atoms with Crippen molar-refractivity contribution in [2.45, 2.75) is 38.1 Å². The molecule has 1 saturated carbocycles. The molecule has 2 amide bonds. The minimum absolute atomic E-state index is 0.140. The van der Waals surface area contributed by atoms with E-state index in [1.807, 2.05) is 36.4 Å². The molecule has 1 N–H and O–H groups in total. The van der Waals surface area contributed by atoms with E-state index in [-0.39, 0.29) is 23.1 Å². The van der Waals surface area contributed by atoms with Crippen molar-refractivity contribution in [3.05, 3.63) is 107 Å². The van der Waals surface area contributed by atoms with Gasteiger partial charge in [-0.3, -0.25) is 14.4 Å². The summed E-state index contributed by atoms with van der Waals surface area (Å²) in [6.45, 7) is 0. The van der Waals surface area contributed by atoms with Gasteiger partial charge in [-0.2, -0.15) is 0 Å². The zero-order valence-corrected chi connectivity index (χ0v) is 20.3. The fourth-order valence-electron chi connectivity index (χ4n) is 5.29. The first-order valence-corrected chi connectivity index (χ1v) is 12.7. The lowest BCUT2D eigenvalue weighted by Gasteiger charge is -2.23. The smallest absolute Gasteiger partial charge is 0.266 e. The van der Waals surface area contributed by atoms with E-state index in [1.165, 1.54) is 6.42 Å². The van der Waals surface area contributed by atoms with Crippen LogP contribution in [0, 0.1) is 0 Å². The highest BCUT2D eigenvalue weighted by molar-refractivity contribution is 6.37. The van der Waals surface area contributed by atoms with Gasteiger partial charge in [0.25, 0.3) is 11.8 Å². The fraction of sp³-hybridized carbons (Fsp3) is 0.194. The summed E-state index contributed by atoms with van der Waals surface area (Å²) in [5, 5.41) is 3.47. The molecule has 6 nitrogen and oxygen atoms in total. The van der Waals surface area contributed by atoms with E-state index in [0.717, 1.165) is 30.6 Å². The molecule has 0 saturated heterocycles. The van der Waals surface area contributed by atoms with Crippen molar-refractivity contribution in [1.82, 2.24) is 0 Å². The lowest BCUT2D eigenvalue weighted by atomic mass is 9.95. The number of anilines is 2. The van der Waals surface area contributed by atoms with Crippen LogP contribution in [0.15, 0.2) is 89.3 Å². The lowest BCUT2D eigenvalue weighted by molar-refractivity contribution is 0.0926. The minimum atomic E-state index is -0.468. The first-order valence-electron chi connectivity index (χ1n) is 12.7. The van der Waals surface area contributed by atoms with Gasteiger partial charge >= 0.3 is 0 Å². The average Bonchev–Trinajstić information content (AvgIpc) is 3.44. The van der Waals surface area contributed by atoms with Gasteiger partial charge in [-0.1, -0.05) is 92.1 Å². The molecule has 1 aliphatic carbocycles. The standard InChI is InChI=1S/C31H26N2O4/c34-27(20-12-4-1-5-13-20)25-26(33-30(35)23-18-10-11-19-24(23)31(33)36)28(21-14-6-2-7-15-21)37-29(25)32-22-16-8-3-9-17-22/h1-2,4-7,10-15,18-19,22,32H,3,8-9,16-17H2. The van der Waals surface area contributed by atoms with E-state index in [0.29, 0.717) is 33.9 Å². The molecule has 37 heavy (non-hydrogen) atoms. The number of fused-ring (bicyclic) bond motifs is 1. The molecule has 1 fully saturated rings. The molecule has 0 spiro atoms. The Labute approximate surface area is 214 Å². The Hall–Kier alpha value is -4.45. The topological polar surface area (TPSA) is 79.6 Å². The maximum atomic E-state index is 14.1. The molecule has 1 aromatic heterocycles. The molecule has 2 heterocycles. The summed E-state index contributed by atoms with van der Waals surface area (Å²) in [4.78, 5) is 42.4. The SMILES string of the molecule is O=C(c1ccccc1)c1c(NC2CCCCC2)oc(-c2ccccc2)c1N1C(=O)c2ccccc2C1=O. The van der Waals surface area contributed by atoms with E-state index in [9.17, 15) is 14.4 Å². The second kappa shape index (κ2) is 9.54. The van der Waals surface area contributed by atoms with Gasteiger partial charge in [0.1, 0.15) is 11.3 Å². The van der Waals surface area contributed by atoms with E-state index < -0.39 is 11.8 Å². The van der Waals surface area contributed by atoms with Crippen molar-refractivity contribution >= 4 is 29.2 Å². The molecule has 1 aliphatic heterocycles. The number of nitrogens with one attached hydrogen (secondary N) is 1. The number of rotatable bonds is 6. The van der Waals surface area contributed by atoms with Crippen LogP contribution >= 0.6 is 0 Å². The highest BCUT2D eigenvalue weighted by atomic mass is 16.4. The first-order chi connectivity index (χ1) is 18.1. The van der Waals surface area contributed by atoms with E-state index >= 15 is 0 Å². The average molecular weight is 491 g/mol. The molecule has 2 aliphatic rings. The number of benzene rings is 3. The van der Waals surface area contributed by atoms with Gasteiger partial charge in [-0.25, -0.2) is 4.90 Å². The fourth-order valence-corrected chi connectivity index (χ4v) is 5.29. The molecule has 3 aromatic carbocycles. The van der Waals surface area contributed by atoms with Crippen LogP contribution in [-0.2, 0) is 0 Å². The summed E-state index contributed by atoms with van der Waals surface area (Å²) >= 11 is 0. The van der Waals surface area contributed by atoms with Crippen molar-refractivity contribution in [3.63, 3.8) is 0 Å². The molecule has 6 rings (SSSR count). The number of furan rings is 1. The van der Waals surface area contributed by atoms with Crippen LogP contribution in [0.2, 0.25) is 0 Å². The van der Waals surface area contributed by atoms with Gasteiger partial charge < -0.3 is 9.73 Å². The third-order valence-corrected chi connectivity index (χ3v) is 7.14. The summed E-state index contributed by atoms with van der Waals surface area (Å²) in [6.07, 6.45) is 5.29. The Morgan fingerprint density at radius 3 is 1.95 bits per heavy atom. The zero-order valence-electron chi connectivity index (χ0n) is 20.3. The predicted octanol–water partition coefficient (Wildman–Crippen LogP) is 6.72. The van der Waals surface area contributed by atoms with Crippen LogP contribution in [-0.4, -0.2) is 23.6 Å². The summed E-state index contributed by atoms with van der Waals surface area (Å²) in [7, 11) is 0. The van der Waals surface area contributed by atoms with Crippen LogP contribution in [0.25, 0.3) is 11.3 Å². The molecule has 184 valence electrons. The van der Waals surface area contributed by atoms with Crippen LogP contribution < -0.4 is 10.2 Å². The first kappa shape index (κ1) is 23.0. The summed E-state index contributed by atoms with van der Waals surface area (Å²) < 4.78 is 6.41. The minimum Gasteiger partial charge on any atom is -0.438 e. The number of hydrogen-bond donors (Lipinski definition) is 1. The van der Waals surface area contributed by atoms with Gasteiger partial charge in [-0.05, 0) is 25.0 Å². The van der Waals surface area contributed by atoms with Gasteiger partial charge in [0, 0.05) is 17.2 Å². The predicted molar refractivity (Wildman–Crippen MR) is 142 cm³/mol. The lowest BCUT2D eigenvalue weighted by Crippen LogP contribution is -2.31. The number of hydrogen-bond acceptors (Lipinski definition) is 5. The summed E-state index contributed by atoms with van der Waals surface area (Å²) in [5.74, 6) is -0.634. The molecular weight excluding hydrogens is 464 g/mol. The number of imide groups is 1. The van der Waals surface area contributed by atoms with Gasteiger partial charge in [0.15, 0.2) is 5.76 Å². The number of carbonyl (C=O) groups is 3. The number of carbonyl (C=O) groups excluding carboxylic acids is 3. The Morgan fingerprint density at radius 1 is 0.757 bits per heavy atom. The molecule has 0 atom stereocenters. The molecule has 0 radical (unpaired) electrons. The second-order valence-corrected chi connectivity index (χ2v) is 9.52. The Morgan fingerprint density at radius 2 is 1.32 bits per heavy atom. The molecule has 0 unspecified atom stereocenters. The normalized spacial score (nSPS) is 15.6.